The number of nitrogens with zero attached hydrogens (tertiary/aromatic N) is 7. The van der Waals surface area contributed by atoms with Crippen molar-refractivity contribution >= 4 is 43.3 Å². The first kappa shape index (κ1) is 55.2. The Morgan fingerprint density at radius 1 is 0.653 bits per heavy atom. The first-order valence-electron chi connectivity index (χ1n) is 23.8. The molecule has 2 heterocycles. The van der Waals surface area contributed by atoms with E-state index in [4.69, 9.17) is 28.8 Å². The fourth-order valence-electron chi connectivity index (χ4n) is 7.76. The number of sulfonamides is 2. The fraction of sp³-hybridized carbons (Fsp3) is 0.346. The molecule has 0 saturated heterocycles. The Morgan fingerprint density at radius 3 is 1.72 bits per heavy atom. The van der Waals surface area contributed by atoms with Gasteiger partial charge < -0.3 is 38.9 Å². The number of fused-ring (bicyclic) bond motifs is 1. The minimum atomic E-state index is -4.99. The van der Waals surface area contributed by atoms with Gasteiger partial charge in [0.05, 0.1) is 50.8 Å². The zero-order valence-electron chi connectivity index (χ0n) is 43.3. The summed E-state index contributed by atoms with van der Waals surface area (Å²) >= 11 is 0. The molecule has 0 aliphatic carbocycles. The van der Waals surface area contributed by atoms with Crippen LogP contribution in [0.2, 0.25) is 0 Å². The number of nitrogens with one attached hydrogen (secondary N) is 3. The van der Waals surface area contributed by atoms with Crippen LogP contribution in [0.25, 0.3) is 33.5 Å². The Balaban J connectivity index is 1.43. The predicted molar refractivity (Wildman–Crippen MR) is 280 cm³/mol. The van der Waals surface area contributed by atoms with E-state index in [-0.39, 0.29) is 62.8 Å². The van der Waals surface area contributed by atoms with Gasteiger partial charge in [0, 0.05) is 39.3 Å². The van der Waals surface area contributed by atoms with Crippen LogP contribution >= 0.6 is 0 Å². The molecule has 21 nitrogen and oxygen atoms in total. The maximum Gasteiger partial charge on any atom is 0.407 e. The summed E-state index contributed by atoms with van der Waals surface area (Å²) in [6, 6.07) is 28.8. The topological polar surface area (TPSA) is 249 Å². The van der Waals surface area contributed by atoms with Gasteiger partial charge in [0.25, 0.3) is 0 Å². The molecule has 0 unspecified atom stereocenters. The van der Waals surface area contributed by atoms with E-state index in [1.54, 1.807) is 134 Å². The van der Waals surface area contributed by atoms with Crippen molar-refractivity contribution in [1.29, 1.82) is 0 Å². The summed E-state index contributed by atoms with van der Waals surface area (Å²) in [6.45, 7) is 9.94. The number of ether oxygens (including phenoxy) is 5. The number of hydrogen-bond donors (Lipinski definition) is 3. The molecule has 398 valence electrons. The summed E-state index contributed by atoms with van der Waals surface area (Å²) in [4.78, 5) is 29.7. The number of amides is 2. The fourth-order valence-corrected chi connectivity index (χ4v) is 11.2. The van der Waals surface area contributed by atoms with Crippen molar-refractivity contribution in [2.24, 2.45) is 0 Å². The number of alkyl carbamates (subject to hydrolysis) is 2. The van der Waals surface area contributed by atoms with Gasteiger partial charge in [-0.15, -0.1) is 10.2 Å². The lowest BCUT2D eigenvalue weighted by Crippen LogP contribution is -2.38. The third kappa shape index (κ3) is 14.4. The number of tetrazole rings is 1. The molecule has 0 saturated carbocycles. The molecule has 2 amide bonds. The second-order valence-corrected chi connectivity index (χ2v) is 22.8. The molecule has 0 spiro atoms. The van der Waals surface area contributed by atoms with E-state index >= 15 is 8.42 Å². The number of imidazole rings is 1. The van der Waals surface area contributed by atoms with E-state index in [9.17, 15) is 18.0 Å². The average Bonchev–Trinajstić information content (AvgIpc) is 4.00. The summed E-state index contributed by atoms with van der Waals surface area (Å²) in [5, 5.41) is 18.8. The Bertz CT molecular complexity index is 3280. The van der Waals surface area contributed by atoms with Gasteiger partial charge in [-0.2, -0.15) is 9.10 Å². The molecule has 0 bridgehead atoms. The highest BCUT2D eigenvalue weighted by atomic mass is 32.2. The van der Waals surface area contributed by atoms with Gasteiger partial charge in [-0.05, 0) is 129 Å². The van der Waals surface area contributed by atoms with E-state index in [1.165, 1.54) is 35.5 Å². The van der Waals surface area contributed by atoms with Gasteiger partial charge >= 0.3 is 12.2 Å². The second-order valence-electron chi connectivity index (χ2n) is 19.2. The van der Waals surface area contributed by atoms with Crippen LogP contribution in [0, 0.1) is 0 Å². The number of carbonyl (C=O) groups is 2. The molecule has 0 aliphatic rings. The van der Waals surface area contributed by atoms with Crippen molar-refractivity contribution in [3.63, 3.8) is 0 Å². The van der Waals surface area contributed by atoms with Gasteiger partial charge in [-0.3, -0.25) is 0 Å². The molecule has 0 fully saturated rings. The molecule has 75 heavy (non-hydrogen) atoms. The molecule has 23 heteroatoms. The first-order valence-corrected chi connectivity index (χ1v) is 26.7. The SMILES string of the molecule is COc1ccc(CN(Cc2ccc(OC)cc2)S(=O)(=O)c2c(S(=O)(=O)NCCNC(=O)OC(C)(C)C)ccc(-c3ccc4ncn(CCNC(=O)OC(C)(C)C)c4c3)c2-c2nnn(Cc3ccc(OC)cc3)n2)cc1. The van der Waals surface area contributed by atoms with Crippen LogP contribution in [0.3, 0.4) is 0 Å². The smallest absolute Gasteiger partial charge is 0.407 e. The number of aromatic nitrogens is 6. The van der Waals surface area contributed by atoms with Crippen molar-refractivity contribution in [2.45, 2.75) is 88.7 Å². The largest absolute Gasteiger partial charge is 0.497 e. The quantitative estimate of drug-likeness (QED) is 0.0605. The highest BCUT2D eigenvalue weighted by molar-refractivity contribution is 7.92. The van der Waals surface area contributed by atoms with E-state index in [1.807, 2.05) is 16.7 Å². The summed E-state index contributed by atoms with van der Waals surface area (Å²) in [5.41, 5.74) is 2.07. The molecule has 5 aromatic carbocycles. The standard InChI is InChI=1S/C52H62N10O11S2/c1-51(2,3)72-49(63)53-26-27-56-74(65,66)45-25-23-42(38-16-24-43-44(30-38)60(34-55-43)29-28-54-50(64)73-52(4,5)6)46(48-57-59-62(58-48)33-37-14-21-41(71-9)22-15-37)47(45)75(67,68)61(31-35-10-17-39(69-7)18-11-35)32-36-12-19-40(70-8)20-13-36/h10-25,30,34,56H,26-29,31-33H2,1-9H3,(H,53,63)(H,54,64). The zero-order chi connectivity index (χ0) is 54.1. The predicted octanol–water partition coefficient (Wildman–Crippen LogP) is 7.15. The summed E-state index contributed by atoms with van der Waals surface area (Å²) < 4.78 is 94.5. The van der Waals surface area contributed by atoms with Gasteiger partial charge in [0.2, 0.25) is 25.9 Å². The molecular formula is C52H62N10O11S2. The van der Waals surface area contributed by atoms with Crippen LogP contribution in [0.5, 0.6) is 17.2 Å². The highest BCUT2D eigenvalue weighted by Gasteiger charge is 2.38. The summed E-state index contributed by atoms with van der Waals surface area (Å²) in [7, 11) is -5.17. The Kier molecular flexibility index (Phi) is 17.1. The number of carbonyl (C=O) groups excluding carboxylic acids is 2. The lowest BCUT2D eigenvalue weighted by Gasteiger charge is -2.26. The van der Waals surface area contributed by atoms with E-state index in [2.05, 4.69) is 30.7 Å². The normalized spacial score (nSPS) is 12.1. The van der Waals surface area contributed by atoms with Crippen LogP contribution in [-0.4, -0.2) is 115 Å². The van der Waals surface area contributed by atoms with Gasteiger partial charge in [0.15, 0.2) is 0 Å². The van der Waals surface area contributed by atoms with Crippen LogP contribution in [0.15, 0.2) is 119 Å². The van der Waals surface area contributed by atoms with Crippen molar-refractivity contribution in [3.05, 3.63) is 126 Å². The zero-order valence-corrected chi connectivity index (χ0v) is 44.9. The van der Waals surface area contributed by atoms with Crippen molar-refractivity contribution < 1.29 is 50.1 Å². The highest BCUT2D eigenvalue weighted by Crippen LogP contribution is 2.42. The Morgan fingerprint density at radius 2 is 1.19 bits per heavy atom. The number of hydrogen-bond acceptors (Lipinski definition) is 15. The number of rotatable bonds is 21. The van der Waals surface area contributed by atoms with Crippen LogP contribution in [-0.2, 0) is 55.7 Å². The maximum absolute atomic E-state index is 16.2. The monoisotopic (exact) mass is 1070 g/mol. The van der Waals surface area contributed by atoms with Crippen LogP contribution in [0.4, 0.5) is 9.59 Å². The number of benzene rings is 5. The molecular weight excluding hydrogens is 1000 g/mol. The Hall–Kier alpha value is -7.60. The maximum atomic E-state index is 16.2. The van der Waals surface area contributed by atoms with Crippen LogP contribution in [0.1, 0.15) is 58.2 Å². The lowest BCUT2D eigenvalue weighted by atomic mass is 9.98. The molecule has 0 radical (unpaired) electrons. The molecule has 7 rings (SSSR count). The Labute approximate surface area is 436 Å². The molecule has 2 aromatic heterocycles. The minimum Gasteiger partial charge on any atom is -0.497 e. The first-order chi connectivity index (χ1) is 35.5. The van der Waals surface area contributed by atoms with Gasteiger partial charge in [-0.1, -0.05) is 48.5 Å². The third-order valence-electron chi connectivity index (χ3n) is 11.2. The van der Waals surface area contributed by atoms with E-state index < -0.39 is 53.2 Å². The van der Waals surface area contributed by atoms with Crippen molar-refractivity contribution in [2.75, 3.05) is 41.0 Å². The lowest BCUT2D eigenvalue weighted by molar-refractivity contribution is 0.0516. The molecule has 0 atom stereocenters. The summed E-state index contributed by atoms with van der Waals surface area (Å²) in [6.07, 6.45) is 0.255. The molecule has 7 aromatic rings. The molecule has 0 aliphatic heterocycles. The van der Waals surface area contributed by atoms with Crippen molar-refractivity contribution in [3.8, 4) is 39.8 Å². The van der Waals surface area contributed by atoms with Gasteiger partial charge in [0.1, 0.15) is 38.2 Å². The minimum absolute atomic E-state index is 0.0993. The second kappa shape index (κ2) is 23.3. The summed E-state index contributed by atoms with van der Waals surface area (Å²) in [5.74, 6) is 1.51. The number of methoxy groups -OCH3 is 3. The molecule has 3 N–H and O–H groups in total. The van der Waals surface area contributed by atoms with Gasteiger partial charge in [-0.25, -0.2) is 36.1 Å². The third-order valence-corrected chi connectivity index (χ3v) is 14.8. The van der Waals surface area contributed by atoms with E-state index in [0.29, 0.717) is 45.0 Å². The average molecular weight is 1070 g/mol. The van der Waals surface area contributed by atoms with Crippen LogP contribution < -0.4 is 29.6 Å². The van der Waals surface area contributed by atoms with Crippen molar-refractivity contribution in [1.82, 2.24) is 49.4 Å². The van der Waals surface area contributed by atoms with E-state index in [0.717, 1.165) is 5.56 Å².